The van der Waals surface area contributed by atoms with Crippen molar-refractivity contribution in [2.24, 2.45) is 0 Å². The van der Waals surface area contributed by atoms with Crippen molar-refractivity contribution in [1.82, 2.24) is 5.32 Å². The van der Waals surface area contributed by atoms with Crippen LogP contribution in [0.1, 0.15) is 25.0 Å². The van der Waals surface area contributed by atoms with Crippen molar-refractivity contribution in [1.29, 1.82) is 0 Å². The molecule has 0 aliphatic heterocycles. The fourth-order valence-electron chi connectivity index (χ4n) is 1.45. The molecule has 2 atom stereocenters. The largest absolute Gasteiger partial charge is 0.480 e. The molecule has 0 amide bonds. The Morgan fingerprint density at radius 1 is 1.44 bits per heavy atom. The molecule has 0 radical (unpaired) electrons. The Balaban J connectivity index is 2.50. The smallest absolute Gasteiger partial charge is 0.320 e. The van der Waals surface area contributed by atoms with Crippen molar-refractivity contribution in [2.75, 3.05) is 6.54 Å². The van der Waals surface area contributed by atoms with Gasteiger partial charge < -0.3 is 15.5 Å². The van der Waals surface area contributed by atoms with Crippen LogP contribution < -0.4 is 5.32 Å². The normalized spacial score (nSPS) is 14.2. The summed E-state index contributed by atoms with van der Waals surface area (Å²) in [5, 5.41) is 22.3. The summed E-state index contributed by atoms with van der Waals surface area (Å²) in [6, 6.07) is 4.24. The third kappa shape index (κ3) is 4.46. The van der Waals surface area contributed by atoms with Gasteiger partial charge in [-0.1, -0.05) is 29.3 Å². The minimum atomic E-state index is -0.922. The van der Waals surface area contributed by atoms with E-state index in [1.807, 2.05) is 0 Å². The van der Waals surface area contributed by atoms with E-state index in [-0.39, 0.29) is 0 Å². The Morgan fingerprint density at radius 2 is 2.11 bits per heavy atom. The van der Waals surface area contributed by atoms with Crippen LogP contribution in [-0.4, -0.2) is 28.8 Å². The zero-order chi connectivity index (χ0) is 13.7. The van der Waals surface area contributed by atoms with Crippen LogP contribution in [0, 0.1) is 0 Å². The van der Waals surface area contributed by atoms with Crippen molar-refractivity contribution in [3.8, 4) is 0 Å². The van der Waals surface area contributed by atoms with Crippen LogP contribution in [0.3, 0.4) is 0 Å². The van der Waals surface area contributed by atoms with E-state index >= 15 is 0 Å². The van der Waals surface area contributed by atoms with Gasteiger partial charge in [-0.2, -0.15) is 0 Å². The number of carboxylic acids is 1. The molecule has 4 nitrogen and oxygen atoms in total. The standard InChI is InChI=1S/C12H15Cl2NO3/c1-7(12(17)18)15-5-4-11(16)9-3-2-8(13)6-10(9)14/h2-3,6-7,11,15-16H,4-5H2,1H3,(H,17,18). The van der Waals surface area contributed by atoms with Crippen LogP contribution in [0.2, 0.25) is 10.0 Å². The van der Waals surface area contributed by atoms with E-state index in [0.717, 1.165) is 0 Å². The second-order valence-electron chi connectivity index (χ2n) is 3.98. The second kappa shape index (κ2) is 6.95. The predicted molar refractivity (Wildman–Crippen MR) is 71.1 cm³/mol. The number of rotatable bonds is 6. The molecule has 1 aromatic rings. The molecule has 100 valence electrons. The predicted octanol–water partition coefficient (Wildman–Crippen LogP) is 2.48. The highest BCUT2D eigenvalue weighted by molar-refractivity contribution is 6.35. The zero-order valence-corrected chi connectivity index (χ0v) is 11.4. The summed E-state index contributed by atoms with van der Waals surface area (Å²) < 4.78 is 0. The summed E-state index contributed by atoms with van der Waals surface area (Å²) in [6.07, 6.45) is -0.373. The molecule has 0 heterocycles. The van der Waals surface area contributed by atoms with E-state index in [9.17, 15) is 9.90 Å². The number of halogens is 2. The molecular formula is C12H15Cl2NO3. The van der Waals surface area contributed by atoms with Crippen molar-refractivity contribution in [2.45, 2.75) is 25.5 Å². The summed E-state index contributed by atoms with van der Waals surface area (Å²) >= 11 is 11.7. The van der Waals surface area contributed by atoms with E-state index in [2.05, 4.69) is 5.32 Å². The molecule has 18 heavy (non-hydrogen) atoms. The number of aliphatic carboxylic acids is 1. The van der Waals surface area contributed by atoms with Gasteiger partial charge in [0.15, 0.2) is 0 Å². The summed E-state index contributed by atoms with van der Waals surface area (Å²) in [5.74, 6) is -0.922. The summed E-state index contributed by atoms with van der Waals surface area (Å²) in [5.41, 5.74) is 0.589. The van der Waals surface area contributed by atoms with Crippen LogP contribution in [-0.2, 0) is 4.79 Å². The van der Waals surface area contributed by atoms with Gasteiger partial charge in [-0.15, -0.1) is 0 Å². The minimum absolute atomic E-state index is 0.374. The third-order valence-electron chi connectivity index (χ3n) is 2.56. The molecule has 0 saturated heterocycles. The average molecular weight is 292 g/mol. The van der Waals surface area contributed by atoms with E-state index in [1.165, 1.54) is 0 Å². The lowest BCUT2D eigenvalue weighted by Gasteiger charge is -2.14. The van der Waals surface area contributed by atoms with Gasteiger partial charge in [0.2, 0.25) is 0 Å². The molecule has 1 aromatic carbocycles. The van der Waals surface area contributed by atoms with Gasteiger partial charge >= 0.3 is 5.97 Å². The first-order valence-corrected chi connectivity index (χ1v) is 6.26. The van der Waals surface area contributed by atoms with E-state index < -0.39 is 18.1 Å². The van der Waals surface area contributed by atoms with Gasteiger partial charge in [-0.3, -0.25) is 4.79 Å². The first-order valence-electron chi connectivity index (χ1n) is 5.51. The molecule has 6 heteroatoms. The first kappa shape index (κ1) is 15.2. The van der Waals surface area contributed by atoms with Crippen LogP contribution in [0.25, 0.3) is 0 Å². The zero-order valence-electron chi connectivity index (χ0n) is 9.86. The monoisotopic (exact) mass is 291 g/mol. The Morgan fingerprint density at radius 3 is 2.67 bits per heavy atom. The third-order valence-corrected chi connectivity index (χ3v) is 3.12. The highest BCUT2D eigenvalue weighted by Gasteiger charge is 2.14. The highest BCUT2D eigenvalue weighted by atomic mass is 35.5. The van der Waals surface area contributed by atoms with Crippen molar-refractivity contribution >= 4 is 29.2 Å². The van der Waals surface area contributed by atoms with Crippen LogP contribution in [0.15, 0.2) is 18.2 Å². The molecule has 1 rings (SSSR count). The van der Waals surface area contributed by atoms with Crippen LogP contribution in [0.4, 0.5) is 0 Å². The molecular weight excluding hydrogens is 277 g/mol. The molecule has 0 spiro atoms. The molecule has 0 aromatic heterocycles. The van der Waals surface area contributed by atoms with E-state index in [4.69, 9.17) is 28.3 Å². The van der Waals surface area contributed by atoms with Gasteiger partial charge in [0.05, 0.1) is 6.10 Å². The summed E-state index contributed by atoms with van der Waals surface area (Å²) in [4.78, 5) is 10.6. The lowest BCUT2D eigenvalue weighted by Crippen LogP contribution is -2.34. The Kier molecular flexibility index (Phi) is 5.88. The highest BCUT2D eigenvalue weighted by Crippen LogP contribution is 2.27. The fraction of sp³-hybridized carbons (Fsp3) is 0.417. The number of aliphatic hydroxyl groups excluding tert-OH is 1. The van der Waals surface area contributed by atoms with Gasteiger partial charge in [0, 0.05) is 10.0 Å². The summed E-state index contributed by atoms with van der Waals surface area (Å²) in [6.45, 7) is 1.93. The second-order valence-corrected chi connectivity index (χ2v) is 4.83. The number of carbonyl (C=O) groups is 1. The molecule has 0 fully saturated rings. The van der Waals surface area contributed by atoms with Gasteiger partial charge in [-0.05, 0) is 37.6 Å². The molecule has 2 unspecified atom stereocenters. The number of aliphatic hydroxyl groups is 1. The minimum Gasteiger partial charge on any atom is -0.480 e. The first-order chi connectivity index (χ1) is 8.41. The number of hydrogen-bond donors (Lipinski definition) is 3. The maximum atomic E-state index is 10.6. The fourth-order valence-corrected chi connectivity index (χ4v) is 1.99. The number of benzene rings is 1. The van der Waals surface area contributed by atoms with Crippen molar-refractivity contribution in [3.63, 3.8) is 0 Å². The van der Waals surface area contributed by atoms with E-state index in [0.29, 0.717) is 28.6 Å². The van der Waals surface area contributed by atoms with Gasteiger partial charge in [0.25, 0.3) is 0 Å². The molecule has 0 saturated carbocycles. The quantitative estimate of drug-likeness (QED) is 0.753. The lowest BCUT2D eigenvalue weighted by molar-refractivity contribution is -0.139. The maximum Gasteiger partial charge on any atom is 0.320 e. The Bertz CT molecular complexity index is 426. The van der Waals surface area contributed by atoms with Crippen molar-refractivity contribution in [3.05, 3.63) is 33.8 Å². The molecule has 3 N–H and O–H groups in total. The Hall–Kier alpha value is -0.810. The molecule has 0 aliphatic rings. The number of nitrogens with one attached hydrogen (secondary N) is 1. The maximum absolute atomic E-state index is 10.6. The van der Waals surface area contributed by atoms with Gasteiger partial charge in [-0.25, -0.2) is 0 Å². The van der Waals surface area contributed by atoms with Crippen LogP contribution >= 0.6 is 23.2 Å². The van der Waals surface area contributed by atoms with Crippen molar-refractivity contribution < 1.29 is 15.0 Å². The number of hydrogen-bond acceptors (Lipinski definition) is 3. The average Bonchev–Trinajstić information content (AvgIpc) is 2.28. The van der Waals surface area contributed by atoms with E-state index in [1.54, 1.807) is 25.1 Å². The lowest BCUT2D eigenvalue weighted by atomic mass is 10.1. The molecule has 0 bridgehead atoms. The number of carboxylic acid groups (broad SMARTS) is 1. The van der Waals surface area contributed by atoms with Gasteiger partial charge in [0.1, 0.15) is 6.04 Å². The Labute approximate surface area is 116 Å². The SMILES string of the molecule is CC(NCCC(O)c1ccc(Cl)cc1Cl)C(=O)O. The molecule has 0 aliphatic carbocycles. The summed E-state index contributed by atoms with van der Waals surface area (Å²) in [7, 11) is 0. The topological polar surface area (TPSA) is 69.6 Å². The van der Waals surface area contributed by atoms with Crippen LogP contribution in [0.5, 0.6) is 0 Å².